The monoisotopic (exact) mass is 467 g/mol. The predicted octanol–water partition coefficient (Wildman–Crippen LogP) is 2.48. The summed E-state index contributed by atoms with van der Waals surface area (Å²) in [6, 6.07) is 5.19. The maximum atomic E-state index is 14.4. The van der Waals surface area contributed by atoms with Crippen LogP contribution in [0.3, 0.4) is 0 Å². The molecule has 1 aliphatic rings. The zero-order chi connectivity index (χ0) is 24.2. The molecule has 0 radical (unpaired) electrons. The molecule has 2 aromatic heterocycles. The number of hydrogen-bond donors (Lipinski definition) is 3. The molecule has 0 saturated carbocycles. The molecule has 3 aromatic rings. The van der Waals surface area contributed by atoms with Gasteiger partial charge in [0.1, 0.15) is 0 Å². The number of aromatic nitrogens is 2. The molecule has 1 atom stereocenters. The number of nitrogens with zero attached hydrogens (tertiary/aromatic N) is 4. The summed E-state index contributed by atoms with van der Waals surface area (Å²) in [7, 11) is 3.35. The average Bonchev–Trinajstić information content (AvgIpc) is 3.41. The number of nitrogens with one attached hydrogen (secondary N) is 2. The van der Waals surface area contributed by atoms with Crippen molar-refractivity contribution in [1.82, 2.24) is 14.7 Å². The Labute approximate surface area is 197 Å². The number of fused-ring (bicyclic) bond motifs is 1. The summed E-state index contributed by atoms with van der Waals surface area (Å²) >= 11 is 0. The largest absolute Gasteiger partial charge is 0.397 e. The van der Waals surface area contributed by atoms with Gasteiger partial charge in [0.05, 0.1) is 29.2 Å². The van der Waals surface area contributed by atoms with Crippen molar-refractivity contribution in [2.24, 2.45) is 4.99 Å². The summed E-state index contributed by atoms with van der Waals surface area (Å²) in [5.41, 5.74) is 9.91. The molecule has 10 heteroatoms. The van der Waals surface area contributed by atoms with E-state index >= 15 is 0 Å². The Morgan fingerprint density at radius 2 is 2.24 bits per heavy atom. The SMILES string of the molecule is CN=Cc1c(N2CCC(NCCOC)C2)ccc(C(=O)Nc2cc(F)c3nc(C)cn3c2)c1N. The van der Waals surface area contributed by atoms with Crippen LogP contribution in [0.2, 0.25) is 0 Å². The molecule has 1 saturated heterocycles. The minimum Gasteiger partial charge on any atom is -0.397 e. The molecule has 4 N–H and O–H groups in total. The van der Waals surface area contributed by atoms with Crippen molar-refractivity contribution < 1.29 is 13.9 Å². The summed E-state index contributed by atoms with van der Waals surface area (Å²) in [5, 5.41) is 6.24. The van der Waals surface area contributed by atoms with E-state index in [9.17, 15) is 9.18 Å². The van der Waals surface area contributed by atoms with Crippen LogP contribution in [0.5, 0.6) is 0 Å². The van der Waals surface area contributed by atoms with Crippen molar-refractivity contribution in [3.05, 3.63) is 53.2 Å². The van der Waals surface area contributed by atoms with E-state index in [2.05, 4.69) is 25.5 Å². The van der Waals surface area contributed by atoms with Crippen molar-refractivity contribution >= 4 is 34.8 Å². The van der Waals surface area contributed by atoms with E-state index in [1.165, 1.54) is 6.07 Å². The minimum absolute atomic E-state index is 0.210. The number of carbonyl (C=O) groups is 1. The number of amides is 1. The van der Waals surface area contributed by atoms with E-state index in [4.69, 9.17) is 10.5 Å². The van der Waals surface area contributed by atoms with Gasteiger partial charge in [-0.1, -0.05) is 0 Å². The van der Waals surface area contributed by atoms with Crippen molar-refractivity contribution in [3.63, 3.8) is 0 Å². The highest BCUT2D eigenvalue weighted by molar-refractivity contribution is 6.11. The van der Waals surface area contributed by atoms with Crippen molar-refractivity contribution in [2.75, 3.05) is 56.3 Å². The van der Waals surface area contributed by atoms with Gasteiger partial charge in [-0.25, -0.2) is 9.37 Å². The number of nitrogen functional groups attached to an aromatic ring is 1. The zero-order valence-electron chi connectivity index (χ0n) is 19.6. The van der Waals surface area contributed by atoms with Crippen LogP contribution in [0.25, 0.3) is 5.65 Å². The molecule has 0 bridgehead atoms. The Balaban J connectivity index is 1.56. The number of rotatable bonds is 8. The quantitative estimate of drug-likeness (QED) is 0.267. The van der Waals surface area contributed by atoms with Gasteiger partial charge in [-0.15, -0.1) is 0 Å². The molecule has 1 unspecified atom stereocenters. The van der Waals surface area contributed by atoms with Crippen LogP contribution in [0.15, 0.2) is 35.6 Å². The average molecular weight is 468 g/mol. The van der Waals surface area contributed by atoms with Crippen molar-refractivity contribution in [2.45, 2.75) is 19.4 Å². The number of aliphatic imine (C=N–C) groups is 1. The van der Waals surface area contributed by atoms with Gasteiger partial charge in [-0.05, 0) is 25.5 Å². The van der Waals surface area contributed by atoms with Crippen molar-refractivity contribution in [1.29, 1.82) is 0 Å². The Morgan fingerprint density at radius 3 is 3.00 bits per heavy atom. The van der Waals surface area contributed by atoms with Gasteiger partial charge in [0.2, 0.25) is 0 Å². The van der Waals surface area contributed by atoms with Crippen LogP contribution in [0.4, 0.5) is 21.5 Å². The van der Waals surface area contributed by atoms with E-state index in [1.807, 2.05) is 6.07 Å². The predicted molar refractivity (Wildman–Crippen MR) is 133 cm³/mol. The number of ether oxygens (including phenoxy) is 1. The highest BCUT2D eigenvalue weighted by Gasteiger charge is 2.26. The maximum absolute atomic E-state index is 14.4. The number of benzene rings is 1. The second-order valence-corrected chi connectivity index (χ2v) is 8.37. The first kappa shape index (κ1) is 23.7. The van der Waals surface area contributed by atoms with E-state index < -0.39 is 11.7 Å². The second kappa shape index (κ2) is 10.2. The van der Waals surface area contributed by atoms with Gasteiger partial charge in [0, 0.05) is 75.8 Å². The molecule has 1 fully saturated rings. The highest BCUT2D eigenvalue weighted by atomic mass is 19.1. The summed E-state index contributed by atoms with van der Waals surface area (Å²) in [4.78, 5) is 23.6. The lowest BCUT2D eigenvalue weighted by molar-refractivity contribution is 0.102. The van der Waals surface area contributed by atoms with Gasteiger partial charge in [-0.2, -0.15) is 0 Å². The second-order valence-electron chi connectivity index (χ2n) is 8.37. The summed E-state index contributed by atoms with van der Waals surface area (Å²) < 4.78 is 21.1. The fourth-order valence-corrected chi connectivity index (χ4v) is 4.32. The van der Waals surface area contributed by atoms with Crippen LogP contribution >= 0.6 is 0 Å². The van der Waals surface area contributed by atoms with E-state index in [-0.39, 0.29) is 5.65 Å². The number of anilines is 3. The Hall–Kier alpha value is -3.50. The fraction of sp³-hybridized carbons (Fsp3) is 0.375. The molecule has 3 heterocycles. The highest BCUT2D eigenvalue weighted by Crippen LogP contribution is 2.31. The third kappa shape index (κ3) is 4.87. The van der Waals surface area contributed by atoms with Crippen molar-refractivity contribution in [3.8, 4) is 0 Å². The Morgan fingerprint density at radius 1 is 1.41 bits per heavy atom. The van der Waals surface area contributed by atoms with E-state index in [0.717, 1.165) is 31.7 Å². The Bertz CT molecular complexity index is 1220. The summed E-state index contributed by atoms with van der Waals surface area (Å²) in [5.74, 6) is -0.943. The standard InChI is InChI=1S/C24H30FN7O2/c1-15-12-32-14-17(10-20(25)23(32)29-15)30-24(33)18-4-5-21(19(11-27-2)22(18)26)31-8-6-16(13-31)28-7-9-34-3/h4-5,10-12,14,16,28H,6-9,13,26H2,1-3H3,(H,30,33). The molecule has 1 aromatic carbocycles. The number of nitrogens with two attached hydrogens (primary N) is 1. The zero-order valence-corrected chi connectivity index (χ0v) is 19.6. The fourth-order valence-electron chi connectivity index (χ4n) is 4.32. The van der Waals surface area contributed by atoms with Gasteiger partial charge in [-0.3, -0.25) is 9.79 Å². The van der Waals surface area contributed by atoms with Crippen LogP contribution in [-0.2, 0) is 4.74 Å². The number of carbonyl (C=O) groups excluding carboxylic acids is 1. The molecular weight excluding hydrogens is 437 g/mol. The first-order valence-electron chi connectivity index (χ1n) is 11.2. The minimum atomic E-state index is -0.518. The van der Waals surface area contributed by atoms with Gasteiger partial charge >= 0.3 is 0 Å². The molecule has 1 aliphatic heterocycles. The number of imidazole rings is 1. The third-order valence-electron chi connectivity index (χ3n) is 5.92. The number of hydrogen-bond acceptors (Lipinski definition) is 7. The number of halogens is 1. The summed E-state index contributed by atoms with van der Waals surface area (Å²) in [6.45, 7) is 4.93. The van der Waals surface area contributed by atoms with E-state index in [1.54, 1.807) is 50.2 Å². The molecule has 0 spiro atoms. The van der Waals surface area contributed by atoms with Gasteiger partial charge < -0.3 is 30.4 Å². The van der Waals surface area contributed by atoms with Crippen LogP contribution in [-0.4, -0.2) is 67.9 Å². The first-order valence-corrected chi connectivity index (χ1v) is 11.2. The topological polar surface area (TPSA) is 109 Å². The number of aryl methyl sites for hydroxylation is 1. The van der Waals surface area contributed by atoms with Crippen LogP contribution in [0, 0.1) is 12.7 Å². The summed E-state index contributed by atoms with van der Waals surface area (Å²) in [6.07, 6.45) is 5.99. The first-order chi connectivity index (χ1) is 16.4. The lowest BCUT2D eigenvalue weighted by Crippen LogP contribution is -2.34. The van der Waals surface area contributed by atoms with Gasteiger partial charge in [0.15, 0.2) is 11.5 Å². The maximum Gasteiger partial charge on any atom is 0.257 e. The molecule has 9 nitrogen and oxygen atoms in total. The third-order valence-corrected chi connectivity index (χ3v) is 5.92. The Kier molecular flexibility index (Phi) is 7.09. The van der Waals surface area contributed by atoms with Crippen LogP contribution in [0.1, 0.15) is 28.0 Å². The lowest BCUT2D eigenvalue weighted by Gasteiger charge is -2.23. The normalized spacial score (nSPS) is 16.1. The molecule has 34 heavy (non-hydrogen) atoms. The molecule has 180 valence electrons. The smallest absolute Gasteiger partial charge is 0.257 e. The van der Waals surface area contributed by atoms with Gasteiger partial charge in [0.25, 0.3) is 5.91 Å². The molecule has 4 rings (SSSR count). The molecule has 1 amide bonds. The lowest BCUT2D eigenvalue weighted by atomic mass is 10.0. The number of pyridine rings is 1. The van der Waals surface area contributed by atoms with Crippen LogP contribution < -0.4 is 21.3 Å². The molecule has 0 aliphatic carbocycles. The number of methoxy groups -OCH3 is 1. The van der Waals surface area contributed by atoms with E-state index in [0.29, 0.717) is 40.8 Å². The molecular formula is C24H30FN7O2.